The Balaban J connectivity index is 0.000000226. The van der Waals surface area contributed by atoms with Gasteiger partial charge in [0.25, 0.3) is 0 Å². The number of hydrogen-bond donors (Lipinski definition) is 0. The standard InChI is InChI=1S/C11H18.C3H8/c1-7-4-10-8-2-3-9(6-8)11(10)5-7;1-3-2/h7-11H,2-6H2,1H3;3H2,1-2H3. The van der Waals surface area contributed by atoms with Gasteiger partial charge in [0.05, 0.1) is 0 Å². The van der Waals surface area contributed by atoms with Gasteiger partial charge in [-0.15, -0.1) is 0 Å². The molecule has 0 radical (unpaired) electrons. The highest BCUT2D eigenvalue weighted by Gasteiger charge is 2.50. The van der Waals surface area contributed by atoms with Gasteiger partial charge in [0.15, 0.2) is 0 Å². The van der Waals surface area contributed by atoms with E-state index in [4.69, 9.17) is 0 Å². The summed E-state index contributed by atoms with van der Waals surface area (Å²) in [5, 5.41) is 0. The second-order valence-electron chi connectivity index (χ2n) is 5.94. The van der Waals surface area contributed by atoms with Crippen molar-refractivity contribution >= 4 is 0 Å². The van der Waals surface area contributed by atoms with E-state index in [-0.39, 0.29) is 0 Å². The normalized spacial score (nSPS) is 48.6. The van der Waals surface area contributed by atoms with Gasteiger partial charge in [-0.1, -0.05) is 27.2 Å². The van der Waals surface area contributed by atoms with Crippen LogP contribution >= 0.6 is 0 Å². The monoisotopic (exact) mass is 194 g/mol. The molecule has 3 aliphatic rings. The lowest BCUT2D eigenvalue weighted by Crippen LogP contribution is -2.15. The van der Waals surface area contributed by atoms with Crippen LogP contribution in [0.4, 0.5) is 0 Å². The van der Waals surface area contributed by atoms with Crippen LogP contribution in [0.25, 0.3) is 0 Å². The van der Waals surface area contributed by atoms with Gasteiger partial charge < -0.3 is 0 Å². The summed E-state index contributed by atoms with van der Waals surface area (Å²) in [6, 6.07) is 0. The van der Waals surface area contributed by atoms with Crippen LogP contribution in [0.1, 0.15) is 59.3 Å². The predicted octanol–water partition coefficient (Wildman–Crippen LogP) is 4.49. The minimum Gasteiger partial charge on any atom is -0.0656 e. The van der Waals surface area contributed by atoms with Crippen LogP contribution in [0.15, 0.2) is 0 Å². The third-order valence-corrected chi connectivity index (χ3v) is 4.62. The van der Waals surface area contributed by atoms with Gasteiger partial charge in [-0.2, -0.15) is 0 Å². The lowest BCUT2D eigenvalue weighted by molar-refractivity contribution is 0.259. The Morgan fingerprint density at radius 2 is 1.29 bits per heavy atom. The maximum absolute atomic E-state index is 2.46. The van der Waals surface area contributed by atoms with Gasteiger partial charge in [0.1, 0.15) is 0 Å². The maximum Gasteiger partial charge on any atom is -0.0352 e. The Hall–Kier alpha value is 0. The Morgan fingerprint density at radius 1 is 0.857 bits per heavy atom. The van der Waals surface area contributed by atoms with Gasteiger partial charge >= 0.3 is 0 Å². The Morgan fingerprint density at radius 3 is 1.71 bits per heavy atom. The SMILES string of the molecule is CC1CC2C3CCC(C3)C2C1.CCC. The molecular weight excluding hydrogens is 168 g/mol. The van der Waals surface area contributed by atoms with Crippen LogP contribution in [0.3, 0.4) is 0 Å². The summed E-state index contributed by atoms with van der Waals surface area (Å²) < 4.78 is 0. The van der Waals surface area contributed by atoms with Crippen molar-refractivity contribution < 1.29 is 0 Å². The Bertz CT molecular complexity index is 166. The quantitative estimate of drug-likeness (QED) is 0.533. The molecular formula is C14H26. The first kappa shape index (κ1) is 10.5. The molecule has 14 heavy (non-hydrogen) atoms. The van der Waals surface area contributed by atoms with Crippen LogP contribution in [0, 0.1) is 29.6 Å². The highest BCUT2D eigenvalue weighted by atomic mass is 14.6. The third kappa shape index (κ3) is 1.73. The van der Waals surface area contributed by atoms with Crippen LogP contribution in [-0.2, 0) is 0 Å². The molecule has 3 saturated carbocycles. The van der Waals surface area contributed by atoms with Gasteiger partial charge in [-0.25, -0.2) is 0 Å². The molecule has 4 unspecified atom stereocenters. The van der Waals surface area contributed by atoms with Crippen molar-refractivity contribution in [1.82, 2.24) is 0 Å². The summed E-state index contributed by atoms with van der Waals surface area (Å²) in [5.74, 6) is 5.78. The zero-order valence-corrected chi connectivity index (χ0v) is 10.1. The molecule has 0 nitrogen and oxygen atoms in total. The fraction of sp³-hybridized carbons (Fsp3) is 1.00. The van der Waals surface area contributed by atoms with Crippen LogP contribution < -0.4 is 0 Å². The molecule has 0 N–H and O–H groups in total. The van der Waals surface area contributed by atoms with E-state index in [2.05, 4.69) is 20.8 Å². The van der Waals surface area contributed by atoms with Crippen molar-refractivity contribution in [2.45, 2.75) is 59.3 Å². The molecule has 0 heteroatoms. The zero-order chi connectivity index (χ0) is 10.1. The van der Waals surface area contributed by atoms with Crippen molar-refractivity contribution in [3.63, 3.8) is 0 Å². The van der Waals surface area contributed by atoms with Crippen molar-refractivity contribution in [1.29, 1.82) is 0 Å². The van der Waals surface area contributed by atoms with E-state index in [1.165, 1.54) is 30.1 Å². The van der Waals surface area contributed by atoms with Gasteiger partial charge in [-0.3, -0.25) is 0 Å². The molecule has 0 aromatic carbocycles. The molecule has 2 bridgehead atoms. The highest BCUT2D eigenvalue weighted by molar-refractivity contribution is 5.00. The number of hydrogen-bond acceptors (Lipinski definition) is 0. The Labute approximate surface area is 89.5 Å². The van der Waals surface area contributed by atoms with Crippen molar-refractivity contribution in [2.75, 3.05) is 0 Å². The van der Waals surface area contributed by atoms with Crippen molar-refractivity contribution in [3.8, 4) is 0 Å². The average Bonchev–Trinajstić information content (AvgIpc) is 2.74. The molecule has 0 aliphatic heterocycles. The fourth-order valence-electron chi connectivity index (χ4n) is 4.29. The predicted molar refractivity (Wildman–Crippen MR) is 62.2 cm³/mol. The lowest BCUT2D eigenvalue weighted by atomic mass is 9.82. The summed E-state index contributed by atoms with van der Waals surface area (Å²) in [6.07, 6.45) is 9.18. The zero-order valence-electron chi connectivity index (χ0n) is 10.1. The molecule has 4 atom stereocenters. The van der Waals surface area contributed by atoms with E-state index in [0.29, 0.717) is 0 Å². The van der Waals surface area contributed by atoms with E-state index in [9.17, 15) is 0 Å². The second-order valence-corrected chi connectivity index (χ2v) is 5.94. The fourth-order valence-corrected chi connectivity index (χ4v) is 4.29. The molecule has 0 aromatic rings. The van der Waals surface area contributed by atoms with Gasteiger partial charge in [0.2, 0.25) is 0 Å². The van der Waals surface area contributed by atoms with Crippen LogP contribution in [0.5, 0.6) is 0 Å². The minimum absolute atomic E-state index is 1.06. The van der Waals surface area contributed by atoms with E-state index < -0.39 is 0 Å². The summed E-state index contributed by atoms with van der Waals surface area (Å²) >= 11 is 0. The van der Waals surface area contributed by atoms with E-state index in [1.54, 1.807) is 32.1 Å². The topological polar surface area (TPSA) is 0 Å². The molecule has 0 saturated heterocycles. The summed E-state index contributed by atoms with van der Waals surface area (Å²) in [5.41, 5.74) is 0. The van der Waals surface area contributed by atoms with Gasteiger partial charge in [0, 0.05) is 0 Å². The Kier molecular flexibility index (Phi) is 3.19. The van der Waals surface area contributed by atoms with Crippen molar-refractivity contribution in [3.05, 3.63) is 0 Å². The van der Waals surface area contributed by atoms with E-state index in [1.807, 2.05) is 0 Å². The molecule has 3 fully saturated rings. The average molecular weight is 194 g/mol. The molecule has 3 rings (SSSR count). The molecule has 3 aliphatic carbocycles. The highest BCUT2D eigenvalue weighted by Crippen LogP contribution is 2.59. The van der Waals surface area contributed by atoms with Crippen molar-refractivity contribution in [2.24, 2.45) is 29.6 Å². The third-order valence-electron chi connectivity index (χ3n) is 4.62. The first-order valence-corrected chi connectivity index (χ1v) is 6.76. The second kappa shape index (κ2) is 4.24. The van der Waals surface area contributed by atoms with Gasteiger partial charge in [-0.05, 0) is 61.7 Å². The molecule has 0 heterocycles. The molecule has 0 spiro atoms. The van der Waals surface area contributed by atoms with E-state index in [0.717, 1.165) is 5.92 Å². The van der Waals surface area contributed by atoms with Crippen LogP contribution in [-0.4, -0.2) is 0 Å². The summed E-state index contributed by atoms with van der Waals surface area (Å²) in [4.78, 5) is 0. The smallest absolute Gasteiger partial charge is 0.0352 e. The summed E-state index contributed by atoms with van der Waals surface area (Å²) in [6.45, 7) is 6.71. The first-order valence-electron chi connectivity index (χ1n) is 6.76. The molecule has 0 amide bonds. The number of fused-ring (bicyclic) bond motifs is 5. The molecule has 82 valence electrons. The molecule has 0 aromatic heterocycles. The maximum atomic E-state index is 2.46. The number of rotatable bonds is 0. The van der Waals surface area contributed by atoms with E-state index >= 15 is 0 Å². The summed E-state index contributed by atoms with van der Waals surface area (Å²) in [7, 11) is 0. The first-order chi connectivity index (χ1) is 6.76. The minimum atomic E-state index is 1.06. The van der Waals surface area contributed by atoms with Crippen LogP contribution in [0.2, 0.25) is 0 Å². The lowest BCUT2D eigenvalue weighted by Gasteiger charge is -2.23. The largest absolute Gasteiger partial charge is 0.0656 e.